The van der Waals surface area contributed by atoms with Crippen LogP contribution in [0.5, 0.6) is 0 Å². The van der Waals surface area contributed by atoms with Crippen molar-refractivity contribution in [3.8, 4) is 0 Å². The molecule has 0 saturated carbocycles. The Hall–Kier alpha value is -1.65. The van der Waals surface area contributed by atoms with Crippen LogP contribution in [0.15, 0.2) is 27.1 Å². The normalized spacial score (nSPS) is 11.2. The average Bonchev–Trinajstić information content (AvgIpc) is 2.95. The number of hydrogen-bond acceptors (Lipinski definition) is 7. The third kappa shape index (κ3) is 2.85. The smallest absolute Gasteiger partial charge is 0.304 e. The molecule has 0 fully saturated rings. The fraction of sp³-hybridized carbons (Fsp3) is 0.111. The summed E-state index contributed by atoms with van der Waals surface area (Å²) in [4.78, 5) is 10.2. The number of rotatable bonds is 5. The third-order valence-electron chi connectivity index (χ3n) is 2.15. The molecule has 2 aromatic rings. The van der Waals surface area contributed by atoms with Gasteiger partial charge in [0.05, 0.1) is 10.6 Å². The maximum Gasteiger partial charge on any atom is 0.304 e. The van der Waals surface area contributed by atoms with E-state index < -0.39 is 14.9 Å². The summed E-state index contributed by atoms with van der Waals surface area (Å²) < 4.78 is 26.4. The molecule has 0 saturated heterocycles. The summed E-state index contributed by atoms with van der Waals surface area (Å²) in [5, 5.41) is 17.0. The Morgan fingerprint density at radius 2 is 2.16 bits per heavy atom. The fourth-order valence-electron chi connectivity index (χ4n) is 1.33. The Bertz CT molecular complexity index is 690. The number of nitrogens with one attached hydrogen (secondary N) is 2. The third-order valence-corrected chi connectivity index (χ3v) is 5.83. The molecule has 102 valence electrons. The van der Waals surface area contributed by atoms with E-state index in [1.54, 1.807) is 16.8 Å². The number of nitro groups is 1. The highest BCUT2D eigenvalue weighted by Gasteiger charge is 2.25. The standard InChI is InChI=1S/C9H9N3O4S3/c1-10-9-7(12(13)14)4-8(18-9)19(15,16)11-6-2-3-17-5-6/h2-5,10-11H,1H3. The number of thiophene rings is 2. The van der Waals surface area contributed by atoms with Crippen LogP contribution in [0.3, 0.4) is 0 Å². The van der Waals surface area contributed by atoms with Crippen molar-refractivity contribution in [2.24, 2.45) is 0 Å². The lowest BCUT2D eigenvalue weighted by Gasteiger charge is -2.02. The molecular formula is C9H9N3O4S3. The first-order valence-corrected chi connectivity index (χ1v) is 8.19. The predicted molar refractivity (Wildman–Crippen MR) is 75.6 cm³/mol. The van der Waals surface area contributed by atoms with Gasteiger partial charge in [-0.05, 0) is 11.4 Å². The van der Waals surface area contributed by atoms with E-state index in [9.17, 15) is 18.5 Å². The lowest BCUT2D eigenvalue weighted by atomic mass is 10.5. The molecule has 0 bridgehead atoms. The van der Waals surface area contributed by atoms with Gasteiger partial charge in [-0.15, -0.1) is 0 Å². The minimum Gasteiger partial charge on any atom is -0.374 e. The molecule has 2 aromatic heterocycles. The first-order valence-electron chi connectivity index (χ1n) is 4.95. The zero-order chi connectivity index (χ0) is 14.0. The van der Waals surface area contributed by atoms with E-state index >= 15 is 0 Å². The molecule has 2 N–H and O–H groups in total. The van der Waals surface area contributed by atoms with Crippen molar-refractivity contribution in [3.63, 3.8) is 0 Å². The lowest BCUT2D eigenvalue weighted by molar-refractivity contribution is -0.383. The summed E-state index contributed by atoms with van der Waals surface area (Å²) in [6.45, 7) is 0. The SMILES string of the molecule is CNc1sc(S(=O)(=O)Nc2ccsc2)cc1[N+](=O)[O-]. The minimum absolute atomic E-state index is 0.102. The summed E-state index contributed by atoms with van der Waals surface area (Å²) in [5.41, 5.74) is 0.185. The molecule has 10 heteroatoms. The topological polar surface area (TPSA) is 101 Å². The highest BCUT2D eigenvalue weighted by Crippen LogP contribution is 2.37. The second-order valence-electron chi connectivity index (χ2n) is 3.40. The Balaban J connectivity index is 2.38. The van der Waals surface area contributed by atoms with Gasteiger partial charge in [-0.2, -0.15) is 11.3 Å². The van der Waals surface area contributed by atoms with Crippen LogP contribution in [0.1, 0.15) is 0 Å². The Morgan fingerprint density at radius 3 is 2.63 bits per heavy atom. The molecule has 0 radical (unpaired) electrons. The Morgan fingerprint density at radius 1 is 1.42 bits per heavy atom. The van der Waals surface area contributed by atoms with E-state index in [2.05, 4.69) is 10.0 Å². The van der Waals surface area contributed by atoms with E-state index in [0.29, 0.717) is 5.69 Å². The molecule has 0 unspecified atom stereocenters. The molecular weight excluding hydrogens is 310 g/mol. The molecule has 2 heterocycles. The summed E-state index contributed by atoms with van der Waals surface area (Å²) in [6.07, 6.45) is 0. The summed E-state index contributed by atoms with van der Waals surface area (Å²) in [5.74, 6) is 0. The molecule has 19 heavy (non-hydrogen) atoms. The van der Waals surface area contributed by atoms with Crippen molar-refractivity contribution in [2.45, 2.75) is 4.21 Å². The first kappa shape index (κ1) is 13.8. The maximum absolute atomic E-state index is 12.1. The molecule has 0 atom stereocenters. The van der Waals surface area contributed by atoms with Crippen LogP contribution >= 0.6 is 22.7 Å². The Kier molecular flexibility index (Phi) is 3.73. The zero-order valence-corrected chi connectivity index (χ0v) is 12.1. The molecule has 0 spiro atoms. The zero-order valence-electron chi connectivity index (χ0n) is 9.61. The monoisotopic (exact) mass is 319 g/mol. The highest BCUT2D eigenvalue weighted by atomic mass is 32.2. The van der Waals surface area contributed by atoms with Gasteiger partial charge >= 0.3 is 5.69 Å². The van der Waals surface area contributed by atoms with Crippen LogP contribution in [0.25, 0.3) is 0 Å². The van der Waals surface area contributed by atoms with Crippen molar-refractivity contribution in [1.82, 2.24) is 0 Å². The molecule has 7 nitrogen and oxygen atoms in total. The fourth-order valence-corrected chi connectivity index (χ4v) is 4.33. The van der Waals surface area contributed by atoms with Crippen molar-refractivity contribution in [1.29, 1.82) is 0 Å². The number of sulfonamides is 1. The van der Waals surface area contributed by atoms with Crippen LogP contribution in [0, 0.1) is 10.1 Å². The van der Waals surface area contributed by atoms with Crippen molar-refractivity contribution in [2.75, 3.05) is 17.1 Å². The van der Waals surface area contributed by atoms with E-state index in [-0.39, 0.29) is 14.9 Å². The van der Waals surface area contributed by atoms with Gasteiger partial charge in [0, 0.05) is 18.5 Å². The lowest BCUT2D eigenvalue weighted by Crippen LogP contribution is -2.10. The van der Waals surface area contributed by atoms with Crippen molar-refractivity contribution >= 4 is 49.1 Å². The van der Waals surface area contributed by atoms with Crippen LogP contribution < -0.4 is 10.0 Å². The Labute approximate surface area is 117 Å². The quantitative estimate of drug-likeness (QED) is 0.651. The maximum atomic E-state index is 12.1. The van der Waals surface area contributed by atoms with E-state index in [1.807, 2.05) is 0 Å². The van der Waals surface area contributed by atoms with Crippen LogP contribution in [0.2, 0.25) is 0 Å². The minimum atomic E-state index is -3.80. The second-order valence-corrected chi connectivity index (χ2v) is 7.15. The van der Waals surface area contributed by atoms with Gasteiger partial charge in [-0.3, -0.25) is 14.8 Å². The molecule has 0 amide bonds. The molecule has 0 aliphatic heterocycles. The van der Waals surface area contributed by atoms with Gasteiger partial charge in [0.2, 0.25) is 0 Å². The highest BCUT2D eigenvalue weighted by molar-refractivity contribution is 7.94. The second kappa shape index (κ2) is 5.15. The van der Waals surface area contributed by atoms with Crippen molar-refractivity contribution < 1.29 is 13.3 Å². The van der Waals surface area contributed by atoms with Crippen LogP contribution in [-0.2, 0) is 10.0 Å². The summed E-state index contributed by atoms with van der Waals surface area (Å²) in [6, 6.07) is 2.66. The van der Waals surface area contributed by atoms with Gasteiger partial charge in [0.1, 0.15) is 4.21 Å². The van der Waals surface area contributed by atoms with Crippen LogP contribution in [0.4, 0.5) is 16.4 Å². The van der Waals surface area contributed by atoms with Gasteiger partial charge in [0.25, 0.3) is 10.0 Å². The number of anilines is 2. The van der Waals surface area contributed by atoms with E-state index in [1.165, 1.54) is 18.4 Å². The van der Waals surface area contributed by atoms with Gasteiger partial charge in [-0.25, -0.2) is 8.42 Å². The van der Waals surface area contributed by atoms with E-state index in [0.717, 1.165) is 17.4 Å². The molecule has 2 rings (SSSR count). The summed E-state index contributed by atoms with van der Waals surface area (Å²) >= 11 is 2.17. The van der Waals surface area contributed by atoms with Gasteiger partial charge in [0.15, 0.2) is 5.00 Å². The number of nitrogens with zero attached hydrogens (tertiary/aromatic N) is 1. The van der Waals surface area contributed by atoms with Gasteiger partial charge < -0.3 is 5.32 Å². The largest absolute Gasteiger partial charge is 0.374 e. The molecule has 0 aliphatic carbocycles. The molecule has 0 aromatic carbocycles. The van der Waals surface area contributed by atoms with E-state index in [4.69, 9.17) is 0 Å². The summed E-state index contributed by atoms with van der Waals surface area (Å²) in [7, 11) is -2.30. The van der Waals surface area contributed by atoms with Crippen molar-refractivity contribution in [3.05, 3.63) is 33.0 Å². The van der Waals surface area contributed by atoms with Crippen LogP contribution in [-0.4, -0.2) is 20.4 Å². The van der Waals surface area contributed by atoms with Gasteiger partial charge in [-0.1, -0.05) is 11.3 Å². The number of hydrogen-bond donors (Lipinski definition) is 2. The predicted octanol–water partition coefficient (Wildman–Crippen LogP) is 2.56. The average molecular weight is 319 g/mol. The first-order chi connectivity index (χ1) is 8.94. The molecule has 0 aliphatic rings.